The summed E-state index contributed by atoms with van der Waals surface area (Å²) in [6, 6.07) is 8.89. The summed E-state index contributed by atoms with van der Waals surface area (Å²) in [6.45, 7) is 4.58. The molecule has 0 spiro atoms. The summed E-state index contributed by atoms with van der Waals surface area (Å²) in [6.07, 6.45) is 1.63. The number of ether oxygens (including phenoxy) is 2. The minimum atomic E-state index is -0.293. The molecule has 1 fully saturated rings. The van der Waals surface area contributed by atoms with E-state index in [4.69, 9.17) is 9.47 Å². The van der Waals surface area contributed by atoms with Crippen LogP contribution in [0.15, 0.2) is 36.5 Å². The van der Waals surface area contributed by atoms with Crippen LogP contribution >= 0.6 is 0 Å². The van der Waals surface area contributed by atoms with Crippen LogP contribution in [-0.4, -0.2) is 54.7 Å². The third-order valence-electron chi connectivity index (χ3n) is 4.70. The van der Waals surface area contributed by atoms with Gasteiger partial charge in [-0.2, -0.15) is 0 Å². The van der Waals surface area contributed by atoms with E-state index < -0.39 is 0 Å². The molecule has 2 amide bonds. The first-order valence-corrected chi connectivity index (χ1v) is 8.78. The summed E-state index contributed by atoms with van der Waals surface area (Å²) < 4.78 is 10.6. The van der Waals surface area contributed by atoms with Crippen molar-refractivity contribution in [1.29, 1.82) is 0 Å². The molecule has 0 atom stereocenters. The maximum absolute atomic E-state index is 12.6. The Hall–Kier alpha value is -3.29. The molecule has 8 heteroatoms. The van der Waals surface area contributed by atoms with Crippen molar-refractivity contribution in [3.63, 3.8) is 0 Å². The van der Waals surface area contributed by atoms with Gasteiger partial charge in [-0.3, -0.25) is 14.6 Å². The molecule has 2 aliphatic heterocycles. The lowest BCUT2D eigenvalue weighted by Gasteiger charge is -2.35. The van der Waals surface area contributed by atoms with E-state index in [1.807, 2.05) is 11.0 Å². The number of hydrogen-bond donors (Lipinski definition) is 1. The van der Waals surface area contributed by atoms with Gasteiger partial charge in [-0.1, -0.05) is 0 Å². The Bertz CT molecular complexity index is 878. The third kappa shape index (κ3) is 3.64. The monoisotopic (exact) mass is 368 g/mol. The SMILES string of the molecule is CC(=O)N1CCN(c2ccnc(C(=O)Nc3ccc4c(c3)OCO4)c2)CC1. The lowest BCUT2D eigenvalue weighted by atomic mass is 10.2. The minimum absolute atomic E-state index is 0.0909. The Morgan fingerprint density at radius 1 is 1.04 bits per heavy atom. The van der Waals surface area contributed by atoms with Crippen molar-refractivity contribution < 1.29 is 19.1 Å². The summed E-state index contributed by atoms with van der Waals surface area (Å²) in [5.41, 5.74) is 1.87. The average Bonchev–Trinajstić information content (AvgIpc) is 3.16. The second-order valence-corrected chi connectivity index (χ2v) is 6.41. The Labute approximate surface area is 156 Å². The smallest absolute Gasteiger partial charge is 0.274 e. The molecule has 1 saturated heterocycles. The zero-order valence-electron chi connectivity index (χ0n) is 15.0. The lowest BCUT2D eigenvalue weighted by molar-refractivity contribution is -0.129. The number of amides is 2. The number of carbonyl (C=O) groups excluding carboxylic acids is 2. The number of carbonyl (C=O) groups is 2. The van der Waals surface area contributed by atoms with Crippen LogP contribution in [0.1, 0.15) is 17.4 Å². The van der Waals surface area contributed by atoms with Crippen LogP contribution in [0.25, 0.3) is 0 Å². The highest BCUT2D eigenvalue weighted by Gasteiger charge is 2.20. The zero-order chi connectivity index (χ0) is 18.8. The first kappa shape index (κ1) is 17.1. The number of benzene rings is 1. The van der Waals surface area contributed by atoms with Crippen LogP contribution in [-0.2, 0) is 4.79 Å². The van der Waals surface area contributed by atoms with Crippen LogP contribution in [0.4, 0.5) is 11.4 Å². The number of piperazine rings is 1. The Morgan fingerprint density at radius 3 is 2.59 bits per heavy atom. The van der Waals surface area contributed by atoms with Gasteiger partial charge < -0.3 is 24.6 Å². The number of anilines is 2. The minimum Gasteiger partial charge on any atom is -0.454 e. The summed E-state index contributed by atoms with van der Waals surface area (Å²) in [7, 11) is 0. The van der Waals surface area contributed by atoms with E-state index in [0.717, 1.165) is 18.8 Å². The van der Waals surface area contributed by atoms with Crippen molar-refractivity contribution in [2.45, 2.75) is 6.92 Å². The number of nitrogens with one attached hydrogen (secondary N) is 1. The topological polar surface area (TPSA) is 84.0 Å². The highest BCUT2D eigenvalue weighted by atomic mass is 16.7. The van der Waals surface area contributed by atoms with Crippen LogP contribution in [0.2, 0.25) is 0 Å². The molecule has 0 aliphatic carbocycles. The Morgan fingerprint density at radius 2 is 1.81 bits per heavy atom. The standard InChI is InChI=1S/C19H20N4O4/c1-13(24)22-6-8-23(9-7-22)15-4-5-20-16(11-15)19(25)21-14-2-3-17-18(10-14)27-12-26-17/h2-5,10-11H,6-9,12H2,1H3,(H,21,25). The lowest BCUT2D eigenvalue weighted by Crippen LogP contribution is -2.48. The van der Waals surface area contributed by atoms with E-state index in [2.05, 4.69) is 15.2 Å². The van der Waals surface area contributed by atoms with Gasteiger partial charge >= 0.3 is 0 Å². The van der Waals surface area contributed by atoms with E-state index >= 15 is 0 Å². The predicted octanol–water partition coefficient (Wildman–Crippen LogP) is 1.73. The molecule has 2 aromatic rings. The summed E-state index contributed by atoms with van der Waals surface area (Å²) in [5, 5.41) is 2.83. The average molecular weight is 368 g/mol. The zero-order valence-corrected chi connectivity index (χ0v) is 15.0. The number of pyridine rings is 1. The van der Waals surface area contributed by atoms with Crippen molar-refractivity contribution in [2.75, 3.05) is 43.2 Å². The first-order chi connectivity index (χ1) is 13.1. The molecule has 2 aliphatic rings. The van der Waals surface area contributed by atoms with E-state index in [-0.39, 0.29) is 18.6 Å². The molecule has 0 unspecified atom stereocenters. The molecule has 1 N–H and O–H groups in total. The summed E-state index contributed by atoms with van der Waals surface area (Å²) >= 11 is 0. The number of rotatable bonds is 3. The fraction of sp³-hybridized carbons (Fsp3) is 0.316. The molecule has 1 aromatic carbocycles. The van der Waals surface area contributed by atoms with Crippen molar-refractivity contribution in [2.24, 2.45) is 0 Å². The van der Waals surface area contributed by atoms with Gasteiger partial charge in [0.2, 0.25) is 12.7 Å². The van der Waals surface area contributed by atoms with Gasteiger partial charge in [-0.15, -0.1) is 0 Å². The molecular weight excluding hydrogens is 348 g/mol. The van der Waals surface area contributed by atoms with E-state index in [9.17, 15) is 9.59 Å². The van der Waals surface area contributed by atoms with Crippen molar-refractivity contribution in [3.8, 4) is 11.5 Å². The Kier molecular flexibility index (Phi) is 4.53. The van der Waals surface area contributed by atoms with Crippen LogP contribution < -0.4 is 19.7 Å². The summed E-state index contributed by atoms with van der Waals surface area (Å²) in [5.74, 6) is 1.07. The number of hydrogen-bond acceptors (Lipinski definition) is 6. The molecule has 8 nitrogen and oxygen atoms in total. The van der Waals surface area contributed by atoms with Crippen LogP contribution in [0.3, 0.4) is 0 Å². The number of aromatic nitrogens is 1. The fourth-order valence-electron chi connectivity index (χ4n) is 3.19. The van der Waals surface area contributed by atoms with Gasteiger partial charge in [0.25, 0.3) is 5.91 Å². The normalized spacial score (nSPS) is 15.6. The first-order valence-electron chi connectivity index (χ1n) is 8.78. The largest absolute Gasteiger partial charge is 0.454 e. The van der Waals surface area contributed by atoms with Gasteiger partial charge in [0.1, 0.15) is 5.69 Å². The Balaban J connectivity index is 1.44. The van der Waals surface area contributed by atoms with Crippen LogP contribution in [0, 0.1) is 0 Å². The molecule has 1 aromatic heterocycles. The molecule has 0 bridgehead atoms. The van der Waals surface area contributed by atoms with Gasteiger partial charge in [0.15, 0.2) is 11.5 Å². The fourth-order valence-corrected chi connectivity index (χ4v) is 3.19. The second-order valence-electron chi connectivity index (χ2n) is 6.41. The van der Waals surface area contributed by atoms with E-state index in [0.29, 0.717) is 36.0 Å². The molecule has 3 heterocycles. The highest BCUT2D eigenvalue weighted by Crippen LogP contribution is 2.34. The maximum atomic E-state index is 12.6. The number of fused-ring (bicyclic) bond motifs is 1. The van der Waals surface area contributed by atoms with Crippen molar-refractivity contribution >= 4 is 23.2 Å². The molecule has 27 heavy (non-hydrogen) atoms. The second kappa shape index (κ2) is 7.14. The quantitative estimate of drug-likeness (QED) is 0.888. The van der Waals surface area contributed by atoms with Gasteiger partial charge in [-0.05, 0) is 24.3 Å². The van der Waals surface area contributed by atoms with Gasteiger partial charge in [0, 0.05) is 56.7 Å². The van der Waals surface area contributed by atoms with Crippen molar-refractivity contribution in [1.82, 2.24) is 9.88 Å². The third-order valence-corrected chi connectivity index (χ3v) is 4.70. The maximum Gasteiger partial charge on any atom is 0.274 e. The van der Waals surface area contributed by atoms with E-state index in [1.165, 1.54) is 0 Å². The number of nitrogens with zero attached hydrogens (tertiary/aromatic N) is 3. The van der Waals surface area contributed by atoms with Gasteiger partial charge in [0.05, 0.1) is 0 Å². The van der Waals surface area contributed by atoms with Crippen LogP contribution in [0.5, 0.6) is 11.5 Å². The van der Waals surface area contributed by atoms with Gasteiger partial charge in [-0.25, -0.2) is 0 Å². The highest BCUT2D eigenvalue weighted by molar-refractivity contribution is 6.03. The molecule has 0 saturated carbocycles. The van der Waals surface area contributed by atoms with E-state index in [1.54, 1.807) is 37.4 Å². The summed E-state index contributed by atoms with van der Waals surface area (Å²) in [4.78, 5) is 32.2. The molecular formula is C19H20N4O4. The predicted molar refractivity (Wildman–Crippen MR) is 99.2 cm³/mol. The molecule has 140 valence electrons. The molecule has 0 radical (unpaired) electrons. The molecule has 4 rings (SSSR count). The van der Waals surface area contributed by atoms with Crippen molar-refractivity contribution in [3.05, 3.63) is 42.2 Å².